The first-order chi connectivity index (χ1) is 15.6. The van der Waals surface area contributed by atoms with Gasteiger partial charge < -0.3 is 19.9 Å². The highest BCUT2D eigenvalue weighted by molar-refractivity contribution is 5.94. The van der Waals surface area contributed by atoms with Crippen molar-refractivity contribution in [1.82, 2.24) is 15.1 Å². The number of hydrogen-bond acceptors (Lipinski definition) is 4. The molecule has 0 radical (unpaired) electrons. The molecular weight excluding hydrogens is 402 g/mol. The molecule has 2 amide bonds. The van der Waals surface area contributed by atoms with Crippen LogP contribution < -0.4 is 10.1 Å². The monoisotopic (exact) mass is 437 g/mol. The molecule has 3 rings (SSSR count). The summed E-state index contributed by atoms with van der Waals surface area (Å²) >= 11 is 0. The van der Waals surface area contributed by atoms with Gasteiger partial charge in [0.05, 0.1) is 6.61 Å². The number of benzene rings is 2. The van der Waals surface area contributed by atoms with Gasteiger partial charge in [-0.1, -0.05) is 43.2 Å². The molecule has 1 saturated heterocycles. The lowest BCUT2D eigenvalue weighted by Crippen LogP contribution is -2.47. The Balaban J connectivity index is 1.68. The molecule has 1 fully saturated rings. The lowest BCUT2D eigenvalue weighted by molar-refractivity contribution is -0.132. The largest absolute Gasteiger partial charge is 0.494 e. The van der Waals surface area contributed by atoms with Crippen molar-refractivity contribution in [3.8, 4) is 5.75 Å². The van der Waals surface area contributed by atoms with E-state index in [0.29, 0.717) is 31.7 Å². The van der Waals surface area contributed by atoms with Crippen molar-refractivity contribution >= 4 is 11.8 Å². The summed E-state index contributed by atoms with van der Waals surface area (Å²) in [6.07, 6.45) is 2.42. The van der Waals surface area contributed by atoms with Gasteiger partial charge in [0.1, 0.15) is 5.75 Å². The average molecular weight is 438 g/mol. The van der Waals surface area contributed by atoms with Crippen LogP contribution in [0.5, 0.6) is 5.75 Å². The van der Waals surface area contributed by atoms with Crippen LogP contribution >= 0.6 is 0 Å². The minimum atomic E-state index is -0.0697. The summed E-state index contributed by atoms with van der Waals surface area (Å²) in [5.74, 6) is 0.807. The number of aryl methyl sites for hydroxylation is 1. The van der Waals surface area contributed by atoms with Gasteiger partial charge in [0.15, 0.2) is 0 Å². The SMILES string of the molecule is CCCCOc1ccc(C(=O)N(CCC(=O)N2CCNCC2)Cc2cccc(C)c2)cc1. The van der Waals surface area contributed by atoms with Crippen molar-refractivity contribution in [2.24, 2.45) is 0 Å². The predicted octanol–water partition coefficient (Wildman–Crippen LogP) is 3.64. The zero-order valence-electron chi connectivity index (χ0n) is 19.3. The van der Waals surface area contributed by atoms with Crippen LogP contribution in [-0.2, 0) is 11.3 Å². The van der Waals surface area contributed by atoms with Gasteiger partial charge in [-0.05, 0) is 43.2 Å². The van der Waals surface area contributed by atoms with Gasteiger partial charge in [-0.15, -0.1) is 0 Å². The molecule has 0 aliphatic carbocycles. The van der Waals surface area contributed by atoms with Crippen molar-refractivity contribution in [2.75, 3.05) is 39.3 Å². The summed E-state index contributed by atoms with van der Waals surface area (Å²) in [6.45, 7) is 8.82. The molecule has 0 atom stereocenters. The average Bonchev–Trinajstić information content (AvgIpc) is 2.82. The van der Waals surface area contributed by atoms with E-state index in [2.05, 4.69) is 18.3 Å². The summed E-state index contributed by atoms with van der Waals surface area (Å²) in [7, 11) is 0. The van der Waals surface area contributed by atoms with Crippen LogP contribution in [0.3, 0.4) is 0 Å². The van der Waals surface area contributed by atoms with E-state index >= 15 is 0 Å². The lowest BCUT2D eigenvalue weighted by atomic mass is 10.1. The fourth-order valence-electron chi connectivity index (χ4n) is 3.80. The molecule has 0 saturated carbocycles. The van der Waals surface area contributed by atoms with Gasteiger partial charge in [-0.2, -0.15) is 0 Å². The minimum absolute atomic E-state index is 0.0697. The van der Waals surface area contributed by atoms with Crippen LogP contribution in [-0.4, -0.2) is 60.9 Å². The molecule has 1 N–H and O–H groups in total. The van der Waals surface area contributed by atoms with Gasteiger partial charge in [0, 0.05) is 51.3 Å². The summed E-state index contributed by atoms with van der Waals surface area (Å²) in [4.78, 5) is 29.7. The first-order valence-corrected chi connectivity index (χ1v) is 11.6. The third-order valence-corrected chi connectivity index (χ3v) is 5.68. The molecule has 6 heteroatoms. The number of unbranched alkanes of at least 4 members (excludes halogenated alkanes) is 1. The van der Waals surface area contributed by atoms with E-state index in [1.807, 2.05) is 54.3 Å². The third kappa shape index (κ3) is 7.09. The fourth-order valence-corrected chi connectivity index (χ4v) is 3.80. The zero-order valence-corrected chi connectivity index (χ0v) is 19.3. The maximum atomic E-state index is 13.3. The van der Waals surface area contributed by atoms with E-state index in [1.165, 1.54) is 0 Å². The highest BCUT2D eigenvalue weighted by Crippen LogP contribution is 2.17. The Kier molecular flexibility index (Phi) is 9.11. The molecule has 1 heterocycles. The van der Waals surface area contributed by atoms with E-state index in [4.69, 9.17) is 4.74 Å². The molecule has 0 spiro atoms. The Morgan fingerprint density at radius 3 is 2.53 bits per heavy atom. The van der Waals surface area contributed by atoms with E-state index in [0.717, 1.165) is 55.9 Å². The Labute approximate surface area is 191 Å². The van der Waals surface area contributed by atoms with Crippen LogP contribution in [0.2, 0.25) is 0 Å². The highest BCUT2D eigenvalue weighted by Gasteiger charge is 2.21. The Morgan fingerprint density at radius 1 is 1.09 bits per heavy atom. The predicted molar refractivity (Wildman–Crippen MR) is 127 cm³/mol. The second-order valence-corrected chi connectivity index (χ2v) is 8.32. The minimum Gasteiger partial charge on any atom is -0.494 e. The number of nitrogens with one attached hydrogen (secondary N) is 1. The number of nitrogens with zero attached hydrogens (tertiary/aromatic N) is 2. The number of ether oxygens (including phenoxy) is 1. The number of carbonyl (C=O) groups is 2. The molecular formula is C26H35N3O3. The Hall–Kier alpha value is -2.86. The quantitative estimate of drug-likeness (QED) is 0.577. The molecule has 32 heavy (non-hydrogen) atoms. The van der Waals surface area contributed by atoms with Crippen molar-refractivity contribution in [1.29, 1.82) is 0 Å². The van der Waals surface area contributed by atoms with Crippen molar-refractivity contribution in [3.63, 3.8) is 0 Å². The van der Waals surface area contributed by atoms with Gasteiger partial charge in [0.25, 0.3) is 5.91 Å². The molecule has 6 nitrogen and oxygen atoms in total. The van der Waals surface area contributed by atoms with Gasteiger partial charge in [-0.25, -0.2) is 0 Å². The van der Waals surface area contributed by atoms with E-state index in [9.17, 15) is 9.59 Å². The molecule has 2 aromatic carbocycles. The molecule has 1 aliphatic rings. The number of amides is 2. The van der Waals surface area contributed by atoms with Crippen LogP contribution in [0.4, 0.5) is 0 Å². The van der Waals surface area contributed by atoms with Crippen LogP contribution in [0.25, 0.3) is 0 Å². The zero-order chi connectivity index (χ0) is 22.8. The van der Waals surface area contributed by atoms with Crippen LogP contribution in [0.15, 0.2) is 48.5 Å². The number of rotatable bonds is 10. The topological polar surface area (TPSA) is 61.9 Å². The van der Waals surface area contributed by atoms with Crippen molar-refractivity contribution in [3.05, 3.63) is 65.2 Å². The summed E-state index contributed by atoms with van der Waals surface area (Å²) < 4.78 is 5.72. The van der Waals surface area contributed by atoms with E-state index in [-0.39, 0.29) is 11.8 Å². The van der Waals surface area contributed by atoms with Gasteiger partial charge >= 0.3 is 0 Å². The maximum Gasteiger partial charge on any atom is 0.254 e. The first-order valence-electron chi connectivity index (χ1n) is 11.6. The van der Waals surface area contributed by atoms with Gasteiger partial charge in [0.2, 0.25) is 5.91 Å². The number of hydrogen-bond donors (Lipinski definition) is 1. The second kappa shape index (κ2) is 12.2. The van der Waals surface area contributed by atoms with Crippen molar-refractivity contribution < 1.29 is 14.3 Å². The molecule has 0 aromatic heterocycles. The van der Waals surface area contributed by atoms with Gasteiger partial charge in [-0.3, -0.25) is 9.59 Å². The third-order valence-electron chi connectivity index (χ3n) is 5.68. The molecule has 2 aromatic rings. The van der Waals surface area contributed by atoms with Crippen LogP contribution in [0, 0.1) is 6.92 Å². The summed E-state index contributed by atoms with van der Waals surface area (Å²) in [5.41, 5.74) is 2.82. The Morgan fingerprint density at radius 2 is 1.84 bits per heavy atom. The number of piperazine rings is 1. The molecule has 0 bridgehead atoms. The number of carbonyl (C=O) groups excluding carboxylic acids is 2. The summed E-state index contributed by atoms with van der Waals surface area (Å²) in [5, 5.41) is 3.26. The van der Waals surface area contributed by atoms with Crippen molar-refractivity contribution in [2.45, 2.75) is 39.7 Å². The summed E-state index contributed by atoms with van der Waals surface area (Å²) in [6, 6.07) is 15.5. The molecule has 0 unspecified atom stereocenters. The maximum absolute atomic E-state index is 13.3. The smallest absolute Gasteiger partial charge is 0.254 e. The molecule has 172 valence electrons. The highest BCUT2D eigenvalue weighted by atomic mass is 16.5. The normalized spacial score (nSPS) is 13.6. The second-order valence-electron chi connectivity index (χ2n) is 8.32. The van der Waals surface area contributed by atoms with E-state index < -0.39 is 0 Å². The standard InChI is InChI=1S/C26H35N3O3/c1-3-4-18-32-24-10-8-23(9-11-24)26(31)29(20-22-7-5-6-21(2)19-22)15-12-25(30)28-16-13-27-14-17-28/h5-11,19,27H,3-4,12-18,20H2,1-2H3. The van der Waals surface area contributed by atoms with Crippen LogP contribution in [0.1, 0.15) is 47.7 Å². The Bertz CT molecular complexity index is 876. The first kappa shape index (κ1) is 23.8. The fraction of sp³-hybridized carbons (Fsp3) is 0.462. The van der Waals surface area contributed by atoms with E-state index in [1.54, 1.807) is 4.90 Å². The lowest BCUT2D eigenvalue weighted by Gasteiger charge is -2.29. The molecule has 1 aliphatic heterocycles.